The number of nitrogens with two attached hydrogens (primary N) is 1. The van der Waals surface area contributed by atoms with Crippen molar-refractivity contribution >= 4 is 5.78 Å². The maximum absolute atomic E-state index is 11.8. The Balaban J connectivity index is 2.78. The standard InChI is InChI=1S/C12H17NO3/c1-3-16-10-6-4-5-9(7-10)12(14)11(13)8-15-2/h4-7,11H,3,8,13H2,1-2H3. The van der Waals surface area contributed by atoms with Crippen molar-refractivity contribution in [2.45, 2.75) is 13.0 Å². The van der Waals surface area contributed by atoms with E-state index in [4.69, 9.17) is 15.2 Å². The van der Waals surface area contributed by atoms with Gasteiger partial charge in [0.1, 0.15) is 5.75 Å². The Labute approximate surface area is 95.3 Å². The summed E-state index contributed by atoms with van der Waals surface area (Å²) in [7, 11) is 1.52. The molecule has 0 aromatic heterocycles. The molecule has 0 bridgehead atoms. The summed E-state index contributed by atoms with van der Waals surface area (Å²) in [6.45, 7) is 2.69. The molecule has 0 radical (unpaired) electrons. The van der Waals surface area contributed by atoms with Gasteiger partial charge < -0.3 is 15.2 Å². The van der Waals surface area contributed by atoms with E-state index in [2.05, 4.69) is 0 Å². The summed E-state index contributed by atoms with van der Waals surface area (Å²) in [5.74, 6) is 0.543. The van der Waals surface area contributed by atoms with Crippen molar-refractivity contribution in [2.24, 2.45) is 5.73 Å². The van der Waals surface area contributed by atoms with Gasteiger partial charge >= 0.3 is 0 Å². The van der Waals surface area contributed by atoms with E-state index in [-0.39, 0.29) is 12.4 Å². The summed E-state index contributed by atoms with van der Waals surface area (Å²) in [5.41, 5.74) is 6.22. The van der Waals surface area contributed by atoms with Crippen LogP contribution in [-0.4, -0.2) is 32.1 Å². The second-order valence-corrected chi connectivity index (χ2v) is 3.39. The first-order valence-electron chi connectivity index (χ1n) is 5.20. The molecule has 2 N–H and O–H groups in total. The molecule has 4 heteroatoms. The minimum absolute atomic E-state index is 0.136. The molecule has 0 amide bonds. The number of Topliss-reactive ketones (excluding diaryl/α,β-unsaturated/α-hetero) is 1. The third-order valence-corrected chi connectivity index (χ3v) is 2.11. The molecule has 0 spiro atoms. The van der Waals surface area contributed by atoms with Crippen LogP contribution in [0.15, 0.2) is 24.3 Å². The third-order valence-electron chi connectivity index (χ3n) is 2.11. The minimum atomic E-state index is -0.623. The average Bonchev–Trinajstić information content (AvgIpc) is 2.29. The van der Waals surface area contributed by atoms with Gasteiger partial charge in [0.15, 0.2) is 5.78 Å². The molecule has 0 aliphatic carbocycles. The summed E-state index contributed by atoms with van der Waals surface area (Å²) in [5, 5.41) is 0. The summed E-state index contributed by atoms with van der Waals surface area (Å²) < 4.78 is 10.2. The lowest BCUT2D eigenvalue weighted by molar-refractivity contribution is 0.0892. The molecule has 4 nitrogen and oxygen atoms in total. The van der Waals surface area contributed by atoms with Gasteiger partial charge in [-0.25, -0.2) is 0 Å². The summed E-state index contributed by atoms with van der Waals surface area (Å²) in [6.07, 6.45) is 0. The number of benzene rings is 1. The lowest BCUT2D eigenvalue weighted by Crippen LogP contribution is -2.34. The summed E-state index contributed by atoms with van der Waals surface area (Å²) in [4.78, 5) is 11.8. The van der Waals surface area contributed by atoms with Crippen LogP contribution in [0.2, 0.25) is 0 Å². The van der Waals surface area contributed by atoms with Crippen LogP contribution in [0.4, 0.5) is 0 Å². The number of hydrogen-bond acceptors (Lipinski definition) is 4. The molecular formula is C12H17NO3. The van der Waals surface area contributed by atoms with Gasteiger partial charge in [0.2, 0.25) is 0 Å². The SMILES string of the molecule is CCOc1cccc(C(=O)C(N)COC)c1. The van der Waals surface area contributed by atoms with Crippen molar-refractivity contribution in [1.82, 2.24) is 0 Å². The van der Waals surface area contributed by atoms with Gasteiger partial charge in [0, 0.05) is 12.7 Å². The highest BCUT2D eigenvalue weighted by Gasteiger charge is 2.15. The van der Waals surface area contributed by atoms with Crippen molar-refractivity contribution in [1.29, 1.82) is 0 Å². The second-order valence-electron chi connectivity index (χ2n) is 3.39. The van der Waals surface area contributed by atoms with E-state index < -0.39 is 6.04 Å². The van der Waals surface area contributed by atoms with Crippen LogP contribution < -0.4 is 10.5 Å². The number of carbonyl (C=O) groups is 1. The largest absolute Gasteiger partial charge is 0.494 e. The van der Waals surface area contributed by atoms with E-state index in [1.807, 2.05) is 13.0 Å². The monoisotopic (exact) mass is 223 g/mol. The van der Waals surface area contributed by atoms with Crippen molar-refractivity contribution in [2.75, 3.05) is 20.3 Å². The Morgan fingerprint density at radius 3 is 2.88 bits per heavy atom. The zero-order chi connectivity index (χ0) is 12.0. The second kappa shape index (κ2) is 6.25. The number of ether oxygens (including phenoxy) is 2. The Morgan fingerprint density at radius 2 is 2.25 bits per heavy atom. The first-order valence-corrected chi connectivity index (χ1v) is 5.20. The fraction of sp³-hybridized carbons (Fsp3) is 0.417. The van der Waals surface area contributed by atoms with Crippen LogP contribution in [0.5, 0.6) is 5.75 Å². The summed E-state index contributed by atoms with van der Waals surface area (Å²) >= 11 is 0. The lowest BCUT2D eigenvalue weighted by Gasteiger charge is -2.10. The van der Waals surface area contributed by atoms with E-state index in [1.165, 1.54) is 7.11 Å². The number of ketones is 1. The third kappa shape index (κ3) is 3.32. The Morgan fingerprint density at radius 1 is 1.50 bits per heavy atom. The number of rotatable bonds is 6. The van der Waals surface area contributed by atoms with Crippen LogP contribution >= 0.6 is 0 Å². The Hall–Kier alpha value is -1.39. The molecule has 1 atom stereocenters. The molecule has 1 rings (SSSR count). The smallest absolute Gasteiger partial charge is 0.182 e. The quantitative estimate of drug-likeness (QED) is 0.737. The molecule has 0 aliphatic rings. The first-order chi connectivity index (χ1) is 7.69. The summed E-state index contributed by atoms with van der Waals surface area (Å²) in [6, 6.07) is 6.38. The Bertz CT molecular complexity index is 352. The molecule has 0 saturated heterocycles. The van der Waals surface area contributed by atoms with Crippen LogP contribution in [0, 0.1) is 0 Å². The van der Waals surface area contributed by atoms with E-state index >= 15 is 0 Å². The number of carbonyl (C=O) groups excluding carboxylic acids is 1. The van der Waals surface area contributed by atoms with Gasteiger partial charge in [-0.05, 0) is 19.1 Å². The highest BCUT2D eigenvalue weighted by atomic mass is 16.5. The normalized spacial score (nSPS) is 12.2. The van der Waals surface area contributed by atoms with Gasteiger partial charge in [-0.3, -0.25) is 4.79 Å². The van der Waals surface area contributed by atoms with Crippen LogP contribution in [0.3, 0.4) is 0 Å². The fourth-order valence-electron chi connectivity index (χ4n) is 1.38. The molecule has 0 aliphatic heterocycles. The minimum Gasteiger partial charge on any atom is -0.494 e. The van der Waals surface area contributed by atoms with Crippen molar-refractivity contribution < 1.29 is 14.3 Å². The molecule has 1 aromatic rings. The van der Waals surface area contributed by atoms with Gasteiger partial charge in [-0.2, -0.15) is 0 Å². The maximum atomic E-state index is 11.8. The zero-order valence-electron chi connectivity index (χ0n) is 9.60. The van der Waals surface area contributed by atoms with E-state index in [0.717, 1.165) is 0 Å². The fourth-order valence-corrected chi connectivity index (χ4v) is 1.38. The van der Waals surface area contributed by atoms with Crippen molar-refractivity contribution in [3.63, 3.8) is 0 Å². The lowest BCUT2D eigenvalue weighted by atomic mass is 10.1. The van der Waals surface area contributed by atoms with Gasteiger partial charge in [-0.15, -0.1) is 0 Å². The first kappa shape index (κ1) is 12.7. The molecule has 0 saturated carbocycles. The highest BCUT2D eigenvalue weighted by Crippen LogP contribution is 2.14. The molecule has 0 fully saturated rings. The average molecular weight is 223 g/mol. The van der Waals surface area contributed by atoms with Crippen LogP contribution in [-0.2, 0) is 4.74 Å². The molecule has 1 aromatic carbocycles. The highest BCUT2D eigenvalue weighted by molar-refractivity contribution is 6.00. The van der Waals surface area contributed by atoms with E-state index in [9.17, 15) is 4.79 Å². The van der Waals surface area contributed by atoms with Crippen LogP contribution in [0.25, 0.3) is 0 Å². The molecule has 88 valence electrons. The molecular weight excluding hydrogens is 206 g/mol. The van der Waals surface area contributed by atoms with Gasteiger partial charge in [0.05, 0.1) is 19.3 Å². The van der Waals surface area contributed by atoms with Crippen molar-refractivity contribution in [3.8, 4) is 5.75 Å². The van der Waals surface area contributed by atoms with E-state index in [0.29, 0.717) is 17.9 Å². The molecule has 16 heavy (non-hydrogen) atoms. The molecule has 1 unspecified atom stereocenters. The predicted octanol–water partition coefficient (Wildman–Crippen LogP) is 1.24. The van der Waals surface area contributed by atoms with Crippen molar-refractivity contribution in [3.05, 3.63) is 29.8 Å². The molecule has 0 heterocycles. The van der Waals surface area contributed by atoms with Gasteiger partial charge in [-0.1, -0.05) is 12.1 Å². The zero-order valence-corrected chi connectivity index (χ0v) is 9.60. The number of methoxy groups -OCH3 is 1. The number of hydrogen-bond donors (Lipinski definition) is 1. The van der Waals surface area contributed by atoms with Crippen LogP contribution in [0.1, 0.15) is 17.3 Å². The predicted molar refractivity (Wildman–Crippen MR) is 61.8 cm³/mol. The maximum Gasteiger partial charge on any atom is 0.182 e. The topological polar surface area (TPSA) is 61.5 Å². The van der Waals surface area contributed by atoms with Gasteiger partial charge in [0.25, 0.3) is 0 Å². The Kier molecular flexibility index (Phi) is 4.95. The van der Waals surface area contributed by atoms with E-state index in [1.54, 1.807) is 18.2 Å².